The standard InChI is InChI=1S/C13H7F3N2O3/c14-7-2-4-8(11(16)10(7)15)18-12(19)6-1-3-9(13(20)21)17-5-6/h1-5H,(H,18,19)(H,20,21). The van der Waals surface area contributed by atoms with Gasteiger partial charge in [0.25, 0.3) is 5.91 Å². The van der Waals surface area contributed by atoms with Crippen LogP contribution in [-0.4, -0.2) is 22.0 Å². The molecule has 0 bridgehead atoms. The summed E-state index contributed by atoms with van der Waals surface area (Å²) in [5.74, 6) is -6.72. The molecule has 1 aromatic heterocycles. The highest BCUT2D eigenvalue weighted by Crippen LogP contribution is 2.20. The molecule has 0 aliphatic rings. The molecular formula is C13H7F3N2O3. The largest absolute Gasteiger partial charge is 0.477 e. The zero-order chi connectivity index (χ0) is 15.6. The maximum absolute atomic E-state index is 13.4. The summed E-state index contributed by atoms with van der Waals surface area (Å²) in [5.41, 5.74) is -0.879. The molecule has 0 radical (unpaired) electrons. The number of carboxylic acid groups (broad SMARTS) is 1. The van der Waals surface area contributed by atoms with Gasteiger partial charge in [-0.15, -0.1) is 0 Å². The summed E-state index contributed by atoms with van der Waals surface area (Å²) in [4.78, 5) is 25.9. The number of amides is 1. The van der Waals surface area contributed by atoms with E-state index in [1.54, 1.807) is 0 Å². The fraction of sp³-hybridized carbons (Fsp3) is 0. The Kier molecular flexibility index (Phi) is 3.88. The summed E-state index contributed by atoms with van der Waals surface area (Å²) in [6, 6.07) is 3.77. The number of hydrogen-bond acceptors (Lipinski definition) is 3. The SMILES string of the molecule is O=C(Nc1ccc(F)c(F)c1F)c1ccc(C(=O)O)nc1. The zero-order valence-electron chi connectivity index (χ0n) is 10.2. The van der Waals surface area contributed by atoms with Crippen LogP contribution in [-0.2, 0) is 0 Å². The van der Waals surface area contributed by atoms with Crippen molar-refractivity contribution in [1.29, 1.82) is 0 Å². The van der Waals surface area contributed by atoms with E-state index in [9.17, 15) is 22.8 Å². The highest BCUT2D eigenvalue weighted by atomic mass is 19.2. The van der Waals surface area contributed by atoms with Gasteiger partial charge in [0.15, 0.2) is 17.5 Å². The first-order valence-corrected chi connectivity index (χ1v) is 5.54. The molecule has 0 aliphatic carbocycles. The molecule has 5 nitrogen and oxygen atoms in total. The van der Waals surface area contributed by atoms with Gasteiger partial charge in [0.05, 0.1) is 11.3 Å². The lowest BCUT2D eigenvalue weighted by Crippen LogP contribution is -2.14. The normalized spacial score (nSPS) is 10.2. The summed E-state index contributed by atoms with van der Waals surface area (Å²) in [6.07, 6.45) is 0.969. The number of rotatable bonds is 3. The van der Waals surface area contributed by atoms with Gasteiger partial charge in [-0.25, -0.2) is 22.9 Å². The van der Waals surface area contributed by atoms with E-state index in [1.807, 2.05) is 5.32 Å². The lowest BCUT2D eigenvalue weighted by molar-refractivity contribution is 0.0690. The Morgan fingerprint density at radius 1 is 1.05 bits per heavy atom. The van der Waals surface area contributed by atoms with Crippen molar-refractivity contribution in [1.82, 2.24) is 4.98 Å². The van der Waals surface area contributed by atoms with Crippen LogP contribution in [0.25, 0.3) is 0 Å². The van der Waals surface area contributed by atoms with Crippen LogP contribution >= 0.6 is 0 Å². The van der Waals surface area contributed by atoms with Crippen LogP contribution in [0.4, 0.5) is 18.9 Å². The quantitative estimate of drug-likeness (QED) is 0.853. The van der Waals surface area contributed by atoms with Crippen LogP contribution in [0.15, 0.2) is 30.5 Å². The molecule has 1 heterocycles. The highest BCUT2D eigenvalue weighted by Gasteiger charge is 2.16. The number of carboxylic acids is 1. The van der Waals surface area contributed by atoms with Gasteiger partial charge in [-0.2, -0.15) is 0 Å². The molecule has 2 aromatic rings. The van der Waals surface area contributed by atoms with Gasteiger partial charge in [-0.05, 0) is 24.3 Å². The molecule has 0 saturated carbocycles. The number of halogens is 3. The maximum Gasteiger partial charge on any atom is 0.354 e. The second-order valence-corrected chi connectivity index (χ2v) is 3.91. The monoisotopic (exact) mass is 296 g/mol. The van der Waals surface area contributed by atoms with Crippen molar-refractivity contribution >= 4 is 17.6 Å². The minimum absolute atomic E-state index is 0.0656. The van der Waals surface area contributed by atoms with E-state index in [2.05, 4.69) is 4.98 Å². The van der Waals surface area contributed by atoms with Gasteiger partial charge >= 0.3 is 5.97 Å². The molecule has 1 amide bonds. The van der Waals surface area contributed by atoms with Gasteiger partial charge in [0, 0.05) is 6.20 Å². The smallest absolute Gasteiger partial charge is 0.354 e. The number of hydrogen-bond donors (Lipinski definition) is 2. The van der Waals surface area contributed by atoms with Crippen molar-refractivity contribution in [3.8, 4) is 0 Å². The third-order valence-electron chi connectivity index (χ3n) is 2.53. The van der Waals surface area contributed by atoms with Crippen LogP contribution < -0.4 is 5.32 Å². The van der Waals surface area contributed by atoms with Gasteiger partial charge in [0.1, 0.15) is 5.69 Å². The van der Waals surface area contributed by atoms with Crippen LogP contribution in [0.3, 0.4) is 0 Å². The fourth-order valence-corrected chi connectivity index (χ4v) is 1.47. The Hall–Kier alpha value is -2.90. The number of aromatic nitrogens is 1. The summed E-state index contributed by atoms with van der Waals surface area (Å²) in [7, 11) is 0. The van der Waals surface area contributed by atoms with Crippen LogP contribution in [0.2, 0.25) is 0 Å². The van der Waals surface area contributed by atoms with Gasteiger partial charge in [0.2, 0.25) is 0 Å². The summed E-state index contributed by atoms with van der Waals surface area (Å²) < 4.78 is 39.1. The van der Waals surface area contributed by atoms with Crippen molar-refractivity contribution in [2.45, 2.75) is 0 Å². The molecule has 0 spiro atoms. The van der Waals surface area contributed by atoms with E-state index in [0.29, 0.717) is 6.07 Å². The minimum Gasteiger partial charge on any atom is -0.477 e. The number of nitrogens with zero attached hydrogens (tertiary/aromatic N) is 1. The molecule has 21 heavy (non-hydrogen) atoms. The number of nitrogens with one attached hydrogen (secondary N) is 1. The first-order valence-electron chi connectivity index (χ1n) is 5.54. The molecule has 2 N–H and O–H groups in total. The van der Waals surface area contributed by atoms with Crippen LogP contribution in [0, 0.1) is 17.5 Å². The summed E-state index contributed by atoms with van der Waals surface area (Å²) in [6.45, 7) is 0. The maximum atomic E-state index is 13.4. The first kappa shape index (κ1) is 14.5. The fourth-order valence-electron chi connectivity index (χ4n) is 1.47. The predicted octanol–water partition coefficient (Wildman–Crippen LogP) is 2.45. The van der Waals surface area contributed by atoms with Crippen molar-refractivity contribution in [2.75, 3.05) is 5.32 Å². The third kappa shape index (κ3) is 2.99. The number of benzene rings is 1. The van der Waals surface area contributed by atoms with Gasteiger partial charge < -0.3 is 10.4 Å². The number of carbonyl (C=O) groups is 2. The zero-order valence-corrected chi connectivity index (χ0v) is 10.2. The number of pyridine rings is 1. The number of anilines is 1. The Morgan fingerprint density at radius 3 is 2.33 bits per heavy atom. The Balaban J connectivity index is 2.22. The Labute approximate surface area is 116 Å². The third-order valence-corrected chi connectivity index (χ3v) is 2.53. The molecule has 0 aliphatic heterocycles. The average molecular weight is 296 g/mol. The molecule has 0 atom stereocenters. The minimum atomic E-state index is -1.70. The van der Waals surface area contributed by atoms with Crippen molar-refractivity contribution in [3.63, 3.8) is 0 Å². The average Bonchev–Trinajstić information content (AvgIpc) is 2.48. The molecule has 1 aromatic carbocycles. The molecular weight excluding hydrogens is 289 g/mol. The van der Waals surface area contributed by atoms with E-state index in [0.717, 1.165) is 24.4 Å². The highest BCUT2D eigenvalue weighted by molar-refractivity contribution is 6.04. The van der Waals surface area contributed by atoms with E-state index >= 15 is 0 Å². The van der Waals surface area contributed by atoms with Crippen molar-refractivity contribution in [3.05, 3.63) is 59.2 Å². The molecule has 2 rings (SSSR count). The lowest BCUT2D eigenvalue weighted by Gasteiger charge is -2.07. The van der Waals surface area contributed by atoms with E-state index in [4.69, 9.17) is 5.11 Å². The Bertz CT molecular complexity index is 717. The Morgan fingerprint density at radius 2 is 1.76 bits per heavy atom. The van der Waals surface area contributed by atoms with Crippen LogP contribution in [0.5, 0.6) is 0 Å². The van der Waals surface area contributed by atoms with E-state index < -0.39 is 35.0 Å². The first-order chi connectivity index (χ1) is 9.90. The summed E-state index contributed by atoms with van der Waals surface area (Å²) >= 11 is 0. The van der Waals surface area contributed by atoms with Crippen molar-refractivity contribution in [2.24, 2.45) is 0 Å². The number of aromatic carboxylic acids is 1. The van der Waals surface area contributed by atoms with Crippen molar-refractivity contribution < 1.29 is 27.9 Å². The van der Waals surface area contributed by atoms with Gasteiger partial charge in [-0.1, -0.05) is 0 Å². The second kappa shape index (κ2) is 5.61. The topological polar surface area (TPSA) is 79.3 Å². The lowest BCUT2D eigenvalue weighted by atomic mass is 10.2. The predicted molar refractivity (Wildman–Crippen MR) is 65.5 cm³/mol. The molecule has 0 fully saturated rings. The van der Waals surface area contributed by atoms with E-state index in [-0.39, 0.29) is 11.3 Å². The molecule has 0 saturated heterocycles. The molecule has 108 valence electrons. The summed E-state index contributed by atoms with van der Waals surface area (Å²) in [5, 5.41) is 10.7. The van der Waals surface area contributed by atoms with Gasteiger partial charge in [-0.3, -0.25) is 4.79 Å². The molecule has 0 unspecified atom stereocenters. The van der Waals surface area contributed by atoms with E-state index in [1.165, 1.54) is 0 Å². The number of carbonyl (C=O) groups excluding carboxylic acids is 1. The second-order valence-electron chi connectivity index (χ2n) is 3.91. The molecule has 8 heteroatoms. The van der Waals surface area contributed by atoms with Crippen LogP contribution in [0.1, 0.15) is 20.8 Å².